The molecule has 45 heavy (non-hydrogen) atoms. The number of likely N-dealkylation sites (tertiary alicyclic amines) is 1. The number of rotatable bonds is 9. The lowest BCUT2D eigenvalue weighted by atomic mass is 10.0. The van der Waals surface area contributed by atoms with E-state index >= 15 is 0 Å². The van der Waals surface area contributed by atoms with Crippen molar-refractivity contribution in [3.63, 3.8) is 0 Å². The Bertz CT molecular complexity index is 1860. The van der Waals surface area contributed by atoms with Crippen LogP contribution in [0.5, 0.6) is 5.88 Å². The van der Waals surface area contributed by atoms with E-state index < -0.39 is 0 Å². The Balaban J connectivity index is 1.13. The number of benzene rings is 1. The summed E-state index contributed by atoms with van der Waals surface area (Å²) < 4.78 is 8.05. The number of nitrogens with zero attached hydrogens (tertiary/aromatic N) is 7. The van der Waals surface area contributed by atoms with Crippen molar-refractivity contribution in [1.29, 1.82) is 5.26 Å². The molecule has 4 aliphatic rings. The summed E-state index contributed by atoms with van der Waals surface area (Å²) in [6, 6.07) is 13.5. The molecule has 1 amide bonds. The first-order valence-corrected chi connectivity index (χ1v) is 15.7. The van der Waals surface area contributed by atoms with Crippen molar-refractivity contribution >= 4 is 40.0 Å². The van der Waals surface area contributed by atoms with Crippen molar-refractivity contribution in [2.24, 2.45) is 11.8 Å². The van der Waals surface area contributed by atoms with Gasteiger partial charge in [0.25, 0.3) is 0 Å². The third-order valence-corrected chi connectivity index (χ3v) is 9.57. The minimum absolute atomic E-state index is 0.289. The Morgan fingerprint density at radius 3 is 2.51 bits per heavy atom. The molecule has 2 saturated carbocycles. The number of hydrogen-bond donors (Lipinski definition) is 2. The molecule has 0 radical (unpaired) electrons. The monoisotopic (exact) mass is 601 g/mol. The number of para-hydroxylation sites is 1. The molecule has 4 aromatic rings. The van der Waals surface area contributed by atoms with Gasteiger partial charge in [-0.3, -0.25) is 9.69 Å². The van der Waals surface area contributed by atoms with Crippen molar-refractivity contribution in [2.75, 3.05) is 48.8 Å². The van der Waals surface area contributed by atoms with Gasteiger partial charge in [0, 0.05) is 60.9 Å². The fourth-order valence-corrected chi connectivity index (χ4v) is 7.09. The molecule has 4 fully saturated rings. The third kappa shape index (κ3) is 5.05. The van der Waals surface area contributed by atoms with Crippen molar-refractivity contribution in [2.45, 2.75) is 37.8 Å². The summed E-state index contributed by atoms with van der Waals surface area (Å²) in [5, 5.41) is 17.2. The van der Waals surface area contributed by atoms with Gasteiger partial charge >= 0.3 is 0 Å². The number of amides is 1. The molecule has 2 N–H and O–H groups in total. The minimum Gasteiger partial charge on any atom is -0.479 e. The Labute approximate surface area is 261 Å². The van der Waals surface area contributed by atoms with E-state index in [0.717, 1.165) is 61.5 Å². The van der Waals surface area contributed by atoms with Crippen LogP contribution in [0.4, 0.5) is 23.1 Å². The van der Waals surface area contributed by atoms with Gasteiger partial charge in [-0.25, -0.2) is 9.97 Å². The minimum atomic E-state index is -0.322. The predicted molar refractivity (Wildman–Crippen MR) is 173 cm³/mol. The molecule has 2 aliphatic heterocycles. The molecule has 2 aliphatic carbocycles. The van der Waals surface area contributed by atoms with Gasteiger partial charge < -0.3 is 24.8 Å². The average Bonchev–Trinajstić information content (AvgIpc) is 3.98. The number of carbonyl (C=O) groups is 1. The number of nitriles is 1. The van der Waals surface area contributed by atoms with Crippen LogP contribution >= 0.6 is 0 Å². The van der Waals surface area contributed by atoms with Gasteiger partial charge in [0.05, 0.1) is 30.3 Å². The molecule has 11 nitrogen and oxygen atoms in total. The lowest BCUT2D eigenvalue weighted by Crippen LogP contribution is -2.31. The van der Waals surface area contributed by atoms with Gasteiger partial charge in [-0.15, -0.1) is 0 Å². The highest BCUT2D eigenvalue weighted by atomic mass is 16.5. The van der Waals surface area contributed by atoms with Gasteiger partial charge in [0.1, 0.15) is 11.8 Å². The van der Waals surface area contributed by atoms with Gasteiger partial charge in [0.15, 0.2) is 5.82 Å². The zero-order valence-electron chi connectivity index (χ0n) is 25.2. The van der Waals surface area contributed by atoms with Crippen LogP contribution in [0.2, 0.25) is 0 Å². The molecule has 2 saturated heterocycles. The Hall–Kier alpha value is -4.95. The number of aromatic nitrogens is 4. The summed E-state index contributed by atoms with van der Waals surface area (Å²) >= 11 is 0. The summed E-state index contributed by atoms with van der Waals surface area (Å²) in [5.74, 6) is 2.16. The highest BCUT2D eigenvalue weighted by Gasteiger charge is 2.45. The lowest BCUT2D eigenvalue weighted by molar-refractivity contribution is -0.111. The van der Waals surface area contributed by atoms with E-state index in [1.807, 2.05) is 18.2 Å². The molecule has 1 aromatic carbocycles. The van der Waals surface area contributed by atoms with Gasteiger partial charge in [-0.1, -0.05) is 24.8 Å². The number of ether oxygens (including phenoxy) is 1. The van der Waals surface area contributed by atoms with E-state index in [9.17, 15) is 10.1 Å². The van der Waals surface area contributed by atoms with E-state index in [-0.39, 0.29) is 11.9 Å². The number of nitrogens with one attached hydrogen (secondary N) is 2. The molecule has 8 rings (SSSR count). The fraction of sp³-hybridized carbons (Fsp3) is 0.382. The smallest absolute Gasteiger partial charge is 0.247 e. The zero-order chi connectivity index (χ0) is 30.7. The average molecular weight is 602 g/mol. The molecule has 228 valence electrons. The summed E-state index contributed by atoms with van der Waals surface area (Å²) in [6.07, 6.45) is 9.82. The largest absolute Gasteiger partial charge is 0.479 e. The molecule has 0 spiro atoms. The van der Waals surface area contributed by atoms with Crippen LogP contribution in [-0.2, 0) is 4.79 Å². The zero-order valence-corrected chi connectivity index (χ0v) is 25.2. The van der Waals surface area contributed by atoms with Crippen LogP contribution in [0.1, 0.15) is 37.3 Å². The van der Waals surface area contributed by atoms with Crippen molar-refractivity contribution in [3.8, 4) is 23.2 Å². The molecular formula is C34H35N9O2. The first-order chi connectivity index (χ1) is 22.0. The topological polar surface area (TPSA) is 124 Å². The van der Waals surface area contributed by atoms with E-state index in [2.05, 4.69) is 61.0 Å². The normalized spacial score (nSPS) is 21.0. The van der Waals surface area contributed by atoms with E-state index in [0.29, 0.717) is 52.2 Å². The number of anilines is 4. The SMILES string of the molecule is C=CC(=O)Nc1cc(Nc2ncc(C#N)c(-c3cn(C4CC4)c4ccccc34)n2)c(OC)nc1N1C[C@@H]2CN(C3CC3)C[C@@H]2C1. The van der Waals surface area contributed by atoms with Crippen LogP contribution in [0, 0.1) is 23.2 Å². The van der Waals surface area contributed by atoms with Crippen LogP contribution < -0.4 is 20.3 Å². The molecule has 5 heterocycles. The molecule has 0 bridgehead atoms. The number of methoxy groups -OCH3 is 1. The first kappa shape index (κ1) is 27.6. The Morgan fingerprint density at radius 1 is 1.07 bits per heavy atom. The van der Waals surface area contributed by atoms with E-state index in [1.165, 1.54) is 25.1 Å². The molecule has 11 heteroatoms. The summed E-state index contributed by atoms with van der Waals surface area (Å²) in [4.78, 5) is 31.6. The lowest BCUT2D eigenvalue weighted by Gasteiger charge is -2.25. The molecule has 2 atom stereocenters. The van der Waals surface area contributed by atoms with E-state index in [1.54, 1.807) is 7.11 Å². The summed E-state index contributed by atoms with van der Waals surface area (Å²) in [7, 11) is 1.57. The quantitative estimate of drug-likeness (QED) is 0.252. The molecular weight excluding hydrogens is 566 g/mol. The standard InChI is InChI=1S/C34H35N9O2/c1-3-30(44)37-27-12-28(33(45-2)40-32(27)42-17-21-15-41(23-8-9-23)16-22(21)18-42)38-34-36-14-20(13-35)31(39-34)26-19-43(24-10-11-24)29-7-5-4-6-25(26)29/h3-7,12,14,19,21-24H,1,8-11,15-18H2,2H3,(H,37,44)(H,36,38,39)/t21-,22+. The number of hydrogen-bond acceptors (Lipinski definition) is 9. The van der Waals surface area contributed by atoms with Gasteiger partial charge in [0.2, 0.25) is 17.7 Å². The predicted octanol–water partition coefficient (Wildman–Crippen LogP) is 5.11. The van der Waals surface area contributed by atoms with Crippen LogP contribution in [0.3, 0.4) is 0 Å². The third-order valence-electron chi connectivity index (χ3n) is 9.57. The van der Waals surface area contributed by atoms with Crippen molar-refractivity contribution in [3.05, 3.63) is 60.9 Å². The maximum Gasteiger partial charge on any atom is 0.247 e. The first-order valence-electron chi connectivity index (χ1n) is 15.7. The molecule has 3 aromatic heterocycles. The van der Waals surface area contributed by atoms with Crippen molar-refractivity contribution < 1.29 is 9.53 Å². The van der Waals surface area contributed by atoms with Crippen LogP contribution in [0.15, 0.2) is 55.4 Å². The Morgan fingerprint density at radius 2 is 1.82 bits per heavy atom. The Kier molecular flexibility index (Phi) is 6.68. The second-order valence-corrected chi connectivity index (χ2v) is 12.6. The number of pyridine rings is 1. The fourth-order valence-electron chi connectivity index (χ4n) is 7.09. The maximum absolute atomic E-state index is 12.5. The van der Waals surface area contributed by atoms with Crippen LogP contribution in [0.25, 0.3) is 22.2 Å². The van der Waals surface area contributed by atoms with Gasteiger partial charge in [-0.05, 0) is 55.7 Å². The number of fused-ring (bicyclic) bond motifs is 2. The summed E-state index contributed by atoms with van der Waals surface area (Å²) in [6.45, 7) is 7.64. The number of carbonyl (C=O) groups excluding carboxylic acids is 1. The second-order valence-electron chi connectivity index (χ2n) is 12.6. The highest BCUT2D eigenvalue weighted by molar-refractivity contribution is 6.01. The van der Waals surface area contributed by atoms with E-state index in [4.69, 9.17) is 14.7 Å². The molecule has 0 unspecified atom stereocenters. The summed E-state index contributed by atoms with van der Waals surface area (Å²) in [5.41, 5.74) is 4.01. The van der Waals surface area contributed by atoms with Crippen molar-refractivity contribution in [1.82, 2.24) is 24.4 Å². The maximum atomic E-state index is 12.5. The van der Waals surface area contributed by atoms with Gasteiger partial charge in [-0.2, -0.15) is 10.2 Å². The highest BCUT2D eigenvalue weighted by Crippen LogP contribution is 2.44. The van der Waals surface area contributed by atoms with Crippen LogP contribution in [-0.4, -0.2) is 69.7 Å². The second kappa shape index (κ2) is 10.9.